The van der Waals surface area contributed by atoms with Crippen LogP contribution >= 0.6 is 0 Å². The Morgan fingerprint density at radius 2 is 2.00 bits per heavy atom. The van der Waals surface area contributed by atoms with E-state index in [1.807, 2.05) is 0 Å². The average Bonchev–Trinajstić information content (AvgIpc) is 2.78. The molecule has 0 unspecified atom stereocenters. The largest absolute Gasteiger partial charge is 0.475 e. The van der Waals surface area contributed by atoms with Gasteiger partial charge >= 0.3 is 5.97 Å². The number of aromatic carboxylic acids is 1. The van der Waals surface area contributed by atoms with Crippen molar-refractivity contribution in [2.75, 3.05) is 18.0 Å². The zero-order valence-electron chi connectivity index (χ0n) is 10.1. The van der Waals surface area contributed by atoms with Crippen LogP contribution in [0.5, 0.6) is 0 Å². The summed E-state index contributed by atoms with van der Waals surface area (Å²) in [5.74, 6) is -0.610. The van der Waals surface area contributed by atoms with Crippen LogP contribution in [-0.2, 0) is 6.54 Å². The molecule has 0 bridgehead atoms. The van der Waals surface area contributed by atoms with Crippen LogP contribution < -0.4 is 4.90 Å². The first-order valence-corrected chi connectivity index (χ1v) is 5.91. The lowest BCUT2D eigenvalue weighted by atomic mass is 10.2. The van der Waals surface area contributed by atoms with Crippen LogP contribution in [0.25, 0.3) is 0 Å². The Bertz CT molecular complexity index is 589. The molecule has 2 aromatic heterocycles. The normalized spacial score (nSPS) is 14.2. The maximum atomic E-state index is 10.7. The molecular formula is C11H12N6O2. The van der Waals surface area contributed by atoms with Gasteiger partial charge in [0, 0.05) is 31.0 Å². The Morgan fingerprint density at radius 1 is 1.26 bits per heavy atom. The molecule has 1 aliphatic rings. The van der Waals surface area contributed by atoms with Crippen molar-refractivity contribution in [2.45, 2.75) is 13.0 Å². The summed E-state index contributed by atoms with van der Waals surface area (Å²) in [5, 5.41) is 12.6. The third kappa shape index (κ3) is 2.37. The monoisotopic (exact) mass is 260 g/mol. The molecule has 8 nitrogen and oxygen atoms in total. The average molecular weight is 260 g/mol. The SMILES string of the molecule is O=C(O)c1ncn(Cc2cnc(N3CCC3)nc2)n1. The van der Waals surface area contributed by atoms with Crippen LogP contribution in [0.3, 0.4) is 0 Å². The summed E-state index contributed by atoms with van der Waals surface area (Å²) in [4.78, 5) is 25.0. The van der Waals surface area contributed by atoms with Gasteiger partial charge in [-0.15, -0.1) is 5.10 Å². The minimum absolute atomic E-state index is 0.210. The fourth-order valence-corrected chi connectivity index (χ4v) is 1.77. The number of hydrogen-bond acceptors (Lipinski definition) is 6. The smallest absolute Gasteiger partial charge is 0.375 e. The molecule has 3 heterocycles. The highest BCUT2D eigenvalue weighted by atomic mass is 16.4. The number of hydrogen-bond donors (Lipinski definition) is 1. The van der Waals surface area contributed by atoms with E-state index in [1.54, 1.807) is 12.4 Å². The van der Waals surface area contributed by atoms with E-state index in [0.717, 1.165) is 24.6 Å². The van der Waals surface area contributed by atoms with Crippen molar-refractivity contribution in [2.24, 2.45) is 0 Å². The molecule has 19 heavy (non-hydrogen) atoms. The van der Waals surface area contributed by atoms with Crippen molar-refractivity contribution in [3.63, 3.8) is 0 Å². The lowest BCUT2D eigenvalue weighted by Crippen LogP contribution is -2.38. The zero-order chi connectivity index (χ0) is 13.2. The van der Waals surface area contributed by atoms with Gasteiger partial charge in [-0.25, -0.2) is 24.4 Å². The summed E-state index contributed by atoms with van der Waals surface area (Å²) >= 11 is 0. The summed E-state index contributed by atoms with van der Waals surface area (Å²) in [7, 11) is 0. The van der Waals surface area contributed by atoms with Gasteiger partial charge in [0.1, 0.15) is 6.33 Å². The summed E-state index contributed by atoms with van der Waals surface area (Å²) in [6.45, 7) is 2.41. The van der Waals surface area contributed by atoms with Crippen LogP contribution in [0.4, 0.5) is 5.95 Å². The Balaban J connectivity index is 1.69. The molecule has 0 saturated carbocycles. The van der Waals surface area contributed by atoms with Crippen LogP contribution in [-0.4, -0.2) is 48.9 Å². The van der Waals surface area contributed by atoms with Crippen molar-refractivity contribution in [1.82, 2.24) is 24.7 Å². The topological polar surface area (TPSA) is 97.0 Å². The van der Waals surface area contributed by atoms with Crippen LogP contribution in [0, 0.1) is 0 Å². The Hall–Kier alpha value is -2.51. The molecule has 1 N–H and O–H groups in total. The standard InChI is InChI=1S/C11H12N6O2/c18-10(19)9-14-7-17(15-9)6-8-4-12-11(13-5-8)16-2-1-3-16/h4-5,7H,1-3,6H2,(H,18,19). The third-order valence-electron chi connectivity index (χ3n) is 2.90. The highest BCUT2D eigenvalue weighted by Crippen LogP contribution is 2.14. The van der Waals surface area contributed by atoms with E-state index in [9.17, 15) is 4.79 Å². The predicted molar refractivity (Wildman–Crippen MR) is 64.9 cm³/mol. The summed E-state index contributed by atoms with van der Waals surface area (Å²) in [5.41, 5.74) is 0.853. The molecule has 98 valence electrons. The first-order valence-electron chi connectivity index (χ1n) is 5.91. The Kier molecular flexibility index (Phi) is 2.82. The van der Waals surface area contributed by atoms with Gasteiger partial charge in [0.15, 0.2) is 0 Å². The number of nitrogens with zero attached hydrogens (tertiary/aromatic N) is 6. The third-order valence-corrected chi connectivity index (χ3v) is 2.90. The van der Waals surface area contributed by atoms with Gasteiger partial charge in [-0.3, -0.25) is 0 Å². The van der Waals surface area contributed by atoms with Crippen molar-refractivity contribution in [1.29, 1.82) is 0 Å². The minimum atomic E-state index is -1.14. The molecule has 2 aromatic rings. The molecule has 0 spiro atoms. The summed E-state index contributed by atoms with van der Waals surface area (Å²) < 4.78 is 1.45. The molecule has 3 rings (SSSR count). The molecular weight excluding hydrogens is 248 g/mol. The van der Waals surface area contributed by atoms with Gasteiger partial charge in [-0.05, 0) is 6.42 Å². The van der Waals surface area contributed by atoms with E-state index < -0.39 is 5.97 Å². The predicted octanol–water partition coefficient (Wildman–Crippen LogP) is 0.0247. The summed E-state index contributed by atoms with van der Waals surface area (Å²) in [6.07, 6.45) is 6.01. The zero-order valence-corrected chi connectivity index (χ0v) is 10.1. The molecule has 0 amide bonds. The first kappa shape index (κ1) is 11.6. The molecule has 0 radical (unpaired) electrons. The van der Waals surface area contributed by atoms with Crippen LogP contribution in [0.1, 0.15) is 22.6 Å². The number of carboxylic acid groups (broad SMARTS) is 1. The number of carbonyl (C=O) groups is 1. The van der Waals surface area contributed by atoms with Gasteiger partial charge in [-0.2, -0.15) is 0 Å². The molecule has 0 aliphatic carbocycles. The quantitative estimate of drug-likeness (QED) is 0.827. The molecule has 0 atom stereocenters. The Morgan fingerprint density at radius 3 is 2.53 bits per heavy atom. The van der Waals surface area contributed by atoms with Gasteiger partial charge in [-0.1, -0.05) is 0 Å². The second kappa shape index (κ2) is 4.63. The molecule has 0 aromatic carbocycles. The van der Waals surface area contributed by atoms with E-state index in [0.29, 0.717) is 6.54 Å². The van der Waals surface area contributed by atoms with Crippen molar-refractivity contribution >= 4 is 11.9 Å². The minimum Gasteiger partial charge on any atom is -0.475 e. The highest BCUT2D eigenvalue weighted by molar-refractivity contribution is 5.82. The van der Waals surface area contributed by atoms with E-state index in [1.165, 1.54) is 17.4 Å². The number of rotatable bonds is 4. The second-order valence-electron chi connectivity index (χ2n) is 4.30. The van der Waals surface area contributed by atoms with Crippen molar-refractivity contribution in [3.8, 4) is 0 Å². The van der Waals surface area contributed by atoms with Gasteiger partial charge in [0.05, 0.1) is 6.54 Å². The van der Waals surface area contributed by atoms with E-state index in [2.05, 4.69) is 25.0 Å². The van der Waals surface area contributed by atoms with Gasteiger partial charge < -0.3 is 10.0 Å². The highest BCUT2D eigenvalue weighted by Gasteiger charge is 2.16. The van der Waals surface area contributed by atoms with Gasteiger partial charge in [0.25, 0.3) is 5.82 Å². The van der Waals surface area contributed by atoms with Crippen molar-refractivity contribution < 1.29 is 9.90 Å². The van der Waals surface area contributed by atoms with Gasteiger partial charge in [0.2, 0.25) is 5.95 Å². The first-order chi connectivity index (χ1) is 9.22. The van der Waals surface area contributed by atoms with E-state index >= 15 is 0 Å². The Labute approximate surface area is 108 Å². The molecule has 1 aliphatic heterocycles. The molecule has 8 heteroatoms. The van der Waals surface area contributed by atoms with Crippen LogP contribution in [0.15, 0.2) is 18.7 Å². The summed E-state index contributed by atoms with van der Waals surface area (Å²) in [6, 6.07) is 0. The fraction of sp³-hybridized carbons (Fsp3) is 0.364. The number of anilines is 1. The van der Waals surface area contributed by atoms with Crippen LogP contribution in [0.2, 0.25) is 0 Å². The maximum Gasteiger partial charge on any atom is 0.375 e. The van der Waals surface area contributed by atoms with E-state index in [-0.39, 0.29) is 5.82 Å². The lowest BCUT2D eigenvalue weighted by molar-refractivity contribution is 0.0683. The molecule has 1 saturated heterocycles. The van der Waals surface area contributed by atoms with Crippen molar-refractivity contribution in [3.05, 3.63) is 30.1 Å². The second-order valence-corrected chi connectivity index (χ2v) is 4.30. The lowest BCUT2D eigenvalue weighted by Gasteiger charge is -2.30. The number of carboxylic acids is 1. The molecule has 1 fully saturated rings. The maximum absolute atomic E-state index is 10.7. The fourth-order valence-electron chi connectivity index (χ4n) is 1.77. The number of aromatic nitrogens is 5. The van der Waals surface area contributed by atoms with E-state index in [4.69, 9.17) is 5.11 Å².